The molecule has 0 unspecified atom stereocenters. The van der Waals surface area contributed by atoms with Crippen LogP contribution in [0.25, 0.3) is 0 Å². The molecule has 3 aliphatic rings. The van der Waals surface area contributed by atoms with Gasteiger partial charge in [0.05, 0.1) is 0 Å². The lowest BCUT2D eigenvalue weighted by Gasteiger charge is -2.33. The maximum Gasteiger partial charge on any atom is 0.325 e. The van der Waals surface area contributed by atoms with E-state index in [9.17, 15) is 14.4 Å². The quantitative estimate of drug-likeness (QED) is 0.629. The summed E-state index contributed by atoms with van der Waals surface area (Å²) in [7, 11) is 1.81. The van der Waals surface area contributed by atoms with Crippen molar-refractivity contribution in [3.8, 4) is 0 Å². The molecule has 0 radical (unpaired) electrons. The van der Waals surface area contributed by atoms with Crippen molar-refractivity contribution < 1.29 is 14.4 Å². The highest BCUT2D eigenvalue weighted by atomic mass is 16.2. The van der Waals surface area contributed by atoms with Gasteiger partial charge in [-0.25, -0.2) is 4.79 Å². The highest BCUT2D eigenvalue weighted by Crippen LogP contribution is 2.36. The molecule has 0 atom stereocenters. The van der Waals surface area contributed by atoms with Crippen molar-refractivity contribution >= 4 is 17.8 Å². The topological polar surface area (TPSA) is 69.7 Å². The highest BCUT2D eigenvalue weighted by Gasteiger charge is 2.52. The van der Waals surface area contributed by atoms with Gasteiger partial charge in [-0.2, -0.15) is 0 Å². The molecule has 3 fully saturated rings. The van der Waals surface area contributed by atoms with Gasteiger partial charge in [0.1, 0.15) is 12.1 Å². The van der Waals surface area contributed by atoms with Crippen LogP contribution in [0.3, 0.4) is 0 Å². The van der Waals surface area contributed by atoms with Crippen molar-refractivity contribution in [1.29, 1.82) is 0 Å². The van der Waals surface area contributed by atoms with Crippen LogP contribution in [-0.2, 0) is 9.59 Å². The van der Waals surface area contributed by atoms with E-state index in [0.29, 0.717) is 18.8 Å². The van der Waals surface area contributed by atoms with Crippen molar-refractivity contribution in [3.05, 3.63) is 0 Å². The number of rotatable bonds is 3. The predicted molar refractivity (Wildman–Crippen MR) is 94.9 cm³/mol. The molecule has 1 N–H and O–H groups in total. The van der Waals surface area contributed by atoms with Crippen LogP contribution >= 0.6 is 0 Å². The van der Waals surface area contributed by atoms with E-state index in [1.165, 1.54) is 12.8 Å². The molecular formula is C19H31N3O3. The first kappa shape index (κ1) is 18.2. The monoisotopic (exact) mass is 349 g/mol. The molecule has 4 amide bonds. The standard InChI is InChI=1S/C19H31N3O3/c1-14-9-11-19(12-10-14)17(24)22(18(25)20-19)13-16(23)21(2)15-7-5-3-4-6-8-15/h14-15H,3-13H2,1-2H3,(H,20,25). The molecule has 1 saturated heterocycles. The van der Waals surface area contributed by atoms with Crippen molar-refractivity contribution in [3.63, 3.8) is 0 Å². The fourth-order valence-corrected chi connectivity index (χ4v) is 4.51. The molecule has 2 saturated carbocycles. The smallest absolute Gasteiger partial charge is 0.325 e. The van der Waals surface area contributed by atoms with Crippen LogP contribution < -0.4 is 5.32 Å². The average molecular weight is 349 g/mol. The first-order valence-electron chi connectivity index (χ1n) is 9.83. The Kier molecular flexibility index (Phi) is 5.35. The fourth-order valence-electron chi connectivity index (χ4n) is 4.51. The molecule has 6 nitrogen and oxygen atoms in total. The Morgan fingerprint density at radius 3 is 2.32 bits per heavy atom. The molecule has 140 valence electrons. The molecule has 25 heavy (non-hydrogen) atoms. The lowest BCUT2D eigenvalue weighted by atomic mass is 9.77. The summed E-state index contributed by atoms with van der Waals surface area (Å²) in [6, 6.07) is -0.164. The number of carbonyl (C=O) groups excluding carboxylic acids is 3. The van der Waals surface area contributed by atoms with Crippen LogP contribution in [0.2, 0.25) is 0 Å². The molecule has 1 aliphatic heterocycles. The van der Waals surface area contributed by atoms with Crippen LogP contribution in [0.4, 0.5) is 4.79 Å². The number of carbonyl (C=O) groups is 3. The normalized spacial score (nSPS) is 31.1. The Morgan fingerprint density at radius 2 is 1.72 bits per heavy atom. The summed E-state index contributed by atoms with van der Waals surface area (Å²) in [5, 5.41) is 2.89. The van der Waals surface area contributed by atoms with Gasteiger partial charge in [0.15, 0.2) is 0 Å². The van der Waals surface area contributed by atoms with Gasteiger partial charge in [0.2, 0.25) is 5.91 Å². The summed E-state index contributed by atoms with van der Waals surface area (Å²) in [4.78, 5) is 40.8. The van der Waals surface area contributed by atoms with Crippen molar-refractivity contribution in [2.75, 3.05) is 13.6 Å². The summed E-state index contributed by atoms with van der Waals surface area (Å²) in [6.07, 6.45) is 10.0. The number of amides is 4. The van der Waals surface area contributed by atoms with E-state index in [1.807, 2.05) is 7.05 Å². The molecule has 6 heteroatoms. The van der Waals surface area contributed by atoms with Gasteiger partial charge >= 0.3 is 6.03 Å². The van der Waals surface area contributed by atoms with Gasteiger partial charge < -0.3 is 10.2 Å². The number of imide groups is 1. The van der Waals surface area contributed by atoms with Crippen LogP contribution in [0.5, 0.6) is 0 Å². The van der Waals surface area contributed by atoms with Gasteiger partial charge in [0.25, 0.3) is 5.91 Å². The van der Waals surface area contributed by atoms with Crippen LogP contribution in [0, 0.1) is 5.92 Å². The molecule has 0 aromatic heterocycles. The Balaban J connectivity index is 1.62. The first-order valence-corrected chi connectivity index (χ1v) is 9.83. The molecule has 0 aromatic carbocycles. The maximum atomic E-state index is 12.9. The number of nitrogens with zero attached hydrogens (tertiary/aromatic N) is 2. The highest BCUT2D eigenvalue weighted by molar-refractivity contribution is 6.09. The third kappa shape index (κ3) is 3.67. The van der Waals surface area contributed by atoms with Crippen molar-refractivity contribution in [1.82, 2.24) is 15.1 Å². The lowest BCUT2D eigenvalue weighted by Crippen LogP contribution is -2.50. The van der Waals surface area contributed by atoms with E-state index in [2.05, 4.69) is 12.2 Å². The molecular weight excluding hydrogens is 318 g/mol. The third-order valence-corrected chi connectivity index (χ3v) is 6.43. The second-order valence-corrected chi connectivity index (χ2v) is 8.24. The second-order valence-electron chi connectivity index (χ2n) is 8.24. The number of hydrogen-bond donors (Lipinski definition) is 1. The Labute approximate surface area is 150 Å². The zero-order valence-corrected chi connectivity index (χ0v) is 15.6. The largest absolute Gasteiger partial charge is 0.341 e. The van der Waals surface area contributed by atoms with Crippen molar-refractivity contribution in [2.24, 2.45) is 5.92 Å². The van der Waals surface area contributed by atoms with Gasteiger partial charge in [-0.15, -0.1) is 0 Å². The summed E-state index contributed by atoms with van der Waals surface area (Å²) in [5.74, 6) is 0.260. The zero-order valence-electron chi connectivity index (χ0n) is 15.6. The van der Waals surface area contributed by atoms with E-state index in [4.69, 9.17) is 0 Å². The van der Waals surface area contributed by atoms with Crippen LogP contribution in [-0.4, -0.2) is 52.8 Å². The average Bonchev–Trinajstić information content (AvgIpc) is 2.81. The minimum absolute atomic E-state index is 0.128. The van der Waals surface area contributed by atoms with E-state index in [0.717, 1.165) is 43.4 Å². The minimum atomic E-state index is -0.759. The third-order valence-electron chi connectivity index (χ3n) is 6.43. The molecule has 0 bridgehead atoms. The molecule has 1 spiro atoms. The van der Waals surface area contributed by atoms with E-state index >= 15 is 0 Å². The number of nitrogens with one attached hydrogen (secondary N) is 1. The molecule has 2 aliphatic carbocycles. The molecule has 1 heterocycles. The maximum absolute atomic E-state index is 12.9. The summed E-state index contributed by atoms with van der Waals surface area (Å²) in [6.45, 7) is 2.05. The Bertz CT molecular complexity index is 532. The molecule has 0 aromatic rings. The second kappa shape index (κ2) is 7.34. The SMILES string of the molecule is CC1CCC2(CC1)NC(=O)N(CC(=O)N(C)C1CCCCCC1)C2=O. The number of likely N-dealkylation sites (N-methyl/N-ethyl adjacent to an activating group) is 1. The van der Waals surface area contributed by atoms with Gasteiger partial charge in [-0.05, 0) is 44.4 Å². The summed E-state index contributed by atoms with van der Waals surface area (Å²) in [5.41, 5.74) is -0.759. The van der Waals surface area contributed by atoms with Crippen LogP contribution in [0.15, 0.2) is 0 Å². The lowest BCUT2D eigenvalue weighted by molar-refractivity contribution is -0.140. The van der Waals surface area contributed by atoms with E-state index < -0.39 is 11.6 Å². The van der Waals surface area contributed by atoms with Crippen molar-refractivity contribution in [2.45, 2.75) is 82.7 Å². The minimum Gasteiger partial charge on any atom is -0.341 e. The first-order chi connectivity index (χ1) is 11.9. The van der Waals surface area contributed by atoms with E-state index in [1.54, 1.807) is 4.90 Å². The summed E-state index contributed by atoms with van der Waals surface area (Å²) < 4.78 is 0. The molecule has 3 rings (SSSR count). The fraction of sp³-hybridized carbons (Fsp3) is 0.842. The Morgan fingerprint density at radius 1 is 1.12 bits per heavy atom. The number of hydrogen-bond acceptors (Lipinski definition) is 3. The zero-order chi connectivity index (χ0) is 18.0. The Hall–Kier alpha value is -1.59. The van der Waals surface area contributed by atoms with Gasteiger partial charge in [0, 0.05) is 13.1 Å². The van der Waals surface area contributed by atoms with Gasteiger partial charge in [-0.1, -0.05) is 32.6 Å². The van der Waals surface area contributed by atoms with E-state index in [-0.39, 0.29) is 24.4 Å². The van der Waals surface area contributed by atoms with Gasteiger partial charge in [-0.3, -0.25) is 14.5 Å². The van der Waals surface area contributed by atoms with Crippen LogP contribution in [0.1, 0.15) is 71.1 Å². The number of urea groups is 1. The predicted octanol–water partition coefficient (Wildman–Crippen LogP) is 2.67. The summed E-state index contributed by atoms with van der Waals surface area (Å²) >= 11 is 0.